The van der Waals surface area contributed by atoms with Gasteiger partial charge in [0.1, 0.15) is 6.34 Å². The van der Waals surface area contributed by atoms with E-state index in [9.17, 15) is 0 Å². The second kappa shape index (κ2) is 4.51. The number of nitrogens with one attached hydrogen (secondary N) is 1. The summed E-state index contributed by atoms with van der Waals surface area (Å²) in [5, 5.41) is 1.83. The number of rotatable bonds is 3. The van der Waals surface area contributed by atoms with Crippen LogP contribution >= 0.6 is 0 Å². The minimum atomic E-state index is 0.951. The first-order valence-corrected chi connectivity index (χ1v) is 3.80. The molecular formula is C9H13N3. The molecule has 0 spiro atoms. The van der Waals surface area contributed by atoms with Gasteiger partial charge in [0.2, 0.25) is 0 Å². The maximum absolute atomic E-state index is 4.17. The van der Waals surface area contributed by atoms with Gasteiger partial charge in [-0.2, -0.15) is 0 Å². The third-order valence-electron chi connectivity index (χ3n) is 1.29. The Morgan fingerprint density at radius 3 is 2.50 bits per heavy atom. The molecule has 0 bridgehead atoms. The molecule has 0 aliphatic rings. The molecule has 1 aromatic carbocycles. The zero-order valence-corrected chi connectivity index (χ0v) is 7.36. The van der Waals surface area contributed by atoms with Crippen molar-refractivity contribution in [2.24, 2.45) is 4.99 Å². The Bertz CT molecular complexity index is 241. The van der Waals surface area contributed by atoms with Gasteiger partial charge in [-0.3, -0.25) is 0 Å². The highest BCUT2D eigenvalue weighted by Gasteiger charge is 1.82. The summed E-state index contributed by atoms with van der Waals surface area (Å²) in [5.41, 5.74) is 3.89. The monoisotopic (exact) mass is 163 g/mol. The van der Waals surface area contributed by atoms with Crippen LogP contribution < -0.4 is 5.43 Å². The predicted octanol–water partition coefficient (Wildman–Crippen LogP) is 1.41. The van der Waals surface area contributed by atoms with Gasteiger partial charge in [0.15, 0.2) is 0 Å². The average Bonchev–Trinajstić information content (AvgIpc) is 2.05. The van der Waals surface area contributed by atoms with Crippen LogP contribution in [0, 0.1) is 0 Å². The molecule has 3 nitrogen and oxygen atoms in total. The molecule has 0 atom stereocenters. The lowest BCUT2D eigenvalue weighted by atomic mass is 10.3. The lowest BCUT2D eigenvalue weighted by molar-refractivity contribution is 0.368. The first kappa shape index (κ1) is 8.74. The van der Waals surface area contributed by atoms with Gasteiger partial charge in [-0.05, 0) is 12.1 Å². The third-order valence-corrected chi connectivity index (χ3v) is 1.29. The molecule has 0 heterocycles. The number of hydrogen-bond acceptors (Lipinski definition) is 2. The molecule has 12 heavy (non-hydrogen) atoms. The van der Waals surface area contributed by atoms with E-state index in [-0.39, 0.29) is 0 Å². The normalized spacial score (nSPS) is 10.9. The van der Waals surface area contributed by atoms with Crippen LogP contribution in [0.2, 0.25) is 0 Å². The van der Waals surface area contributed by atoms with Crippen LogP contribution in [0.25, 0.3) is 0 Å². The van der Waals surface area contributed by atoms with E-state index in [1.54, 1.807) is 6.34 Å². The van der Waals surface area contributed by atoms with Crippen LogP contribution in [0.15, 0.2) is 35.3 Å². The predicted molar refractivity (Wildman–Crippen MR) is 51.4 cm³/mol. The topological polar surface area (TPSA) is 27.6 Å². The zero-order valence-electron chi connectivity index (χ0n) is 7.36. The Balaban J connectivity index is 2.47. The molecule has 3 heteroatoms. The largest absolute Gasteiger partial charge is 0.310 e. The Morgan fingerprint density at radius 1 is 1.25 bits per heavy atom. The molecule has 0 saturated carbocycles. The summed E-state index contributed by atoms with van der Waals surface area (Å²) in [6, 6.07) is 9.80. The summed E-state index contributed by atoms with van der Waals surface area (Å²) in [7, 11) is 3.83. The molecule has 0 amide bonds. The Hall–Kier alpha value is -1.35. The molecule has 0 aliphatic carbocycles. The third kappa shape index (κ3) is 3.16. The average molecular weight is 163 g/mol. The Morgan fingerprint density at radius 2 is 1.92 bits per heavy atom. The number of hydrogen-bond donors (Lipinski definition) is 1. The summed E-state index contributed by atoms with van der Waals surface area (Å²) in [6.07, 6.45) is 1.66. The number of nitrogens with zero attached hydrogens (tertiary/aromatic N) is 2. The Labute approximate surface area is 72.7 Å². The standard InChI is InChI=1S/C9H13N3/c1-12(2)11-8-10-9-6-4-3-5-7-9/h3-8H,1-2H3,(H,10,11). The van der Waals surface area contributed by atoms with E-state index in [1.165, 1.54) is 0 Å². The van der Waals surface area contributed by atoms with Gasteiger partial charge in [0.25, 0.3) is 0 Å². The molecule has 0 fully saturated rings. The molecule has 0 aromatic heterocycles. The molecule has 1 N–H and O–H groups in total. The van der Waals surface area contributed by atoms with E-state index >= 15 is 0 Å². The smallest absolute Gasteiger partial charge is 0.103 e. The van der Waals surface area contributed by atoms with Crippen molar-refractivity contribution in [1.82, 2.24) is 10.4 Å². The molecule has 1 aromatic rings. The van der Waals surface area contributed by atoms with Gasteiger partial charge >= 0.3 is 0 Å². The lowest BCUT2D eigenvalue weighted by Gasteiger charge is -2.06. The van der Waals surface area contributed by atoms with Crippen molar-refractivity contribution in [2.75, 3.05) is 14.1 Å². The fourth-order valence-corrected chi connectivity index (χ4v) is 0.733. The van der Waals surface area contributed by atoms with E-state index in [0.29, 0.717) is 0 Å². The van der Waals surface area contributed by atoms with Gasteiger partial charge in [-0.25, -0.2) is 10.0 Å². The van der Waals surface area contributed by atoms with Crippen LogP contribution in [0.5, 0.6) is 0 Å². The molecule has 64 valence electrons. The highest BCUT2D eigenvalue weighted by Crippen LogP contribution is 2.07. The summed E-state index contributed by atoms with van der Waals surface area (Å²) in [4.78, 5) is 4.17. The summed E-state index contributed by atoms with van der Waals surface area (Å²) in [5.74, 6) is 0. The van der Waals surface area contributed by atoms with Crippen LogP contribution in [-0.4, -0.2) is 25.4 Å². The van der Waals surface area contributed by atoms with Crippen molar-refractivity contribution >= 4 is 12.0 Å². The van der Waals surface area contributed by atoms with E-state index in [2.05, 4.69) is 10.4 Å². The molecular weight excluding hydrogens is 150 g/mol. The lowest BCUT2D eigenvalue weighted by Crippen LogP contribution is -2.28. The first-order valence-electron chi connectivity index (χ1n) is 3.80. The highest BCUT2D eigenvalue weighted by molar-refractivity contribution is 5.60. The molecule has 1 rings (SSSR count). The summed E-state index contributed by atoms with van der Waals surface area (Å²) in [6.45, 7) is 0. The van der Waals surface area contributed by atoms with Gasteiger partial charge in [0.05, 0.1) is 5.69 Å². The summed E-state index contributed by atoms with van der Waals surface area (Å²) >= 11 is 0. The minimum absolute atomic E-state index is 0.951. The highest BCUT2D eigenvalue weighted by atomic mass is 15.5. The molecule has 0 unspecified atom stereocenters. The van der Waals surface area contributed by atoms with Gasteiger partial charge in [-0.1, -0.05) is 18.2 Å². The fourth-order valence-electron chi connectivity index (χ4n) is 0.733. The van der Waals surface area contributed by atoms with Crippen molar-refractivity contribution < 1.29 is 0 Å². The maximum atomic E-state index is 4.17. The van der Waals surface area contributed by atoms with Crippen LogP contribution in [-0.2, 0) is 0 Å². The second-order valence-electron chi connectivity index (χ2n) is 2.62. The van der Waals surface area contributed by atoms with Gasteiger partial charge in [-0.15, -0.1) is 0 Å². The number of para-hydroxylation sites is 1. The minimum Gasteiger partial charge on any atom is -0.310 e. The first-order chi connectivity index (χ1) is 5.79. The van der Waals surface area contributed by atoms with E-state index < -0.39 is 0 Å². The van der Waals surface area contributed by atoms with Gasteiger partial charge < -0.3 is 5.43 Å². The van der Waals surface area contributed by atoms with Crippen LogP contribution in [0.4, 0.5) is 5.69 Å². The van der Waals surface area contributed by atoms with Crippen molar-refractivity contribution in [1.29, 1.82) is 0 Å². The van der Waals surface area contributed by atoms with Gasteiger partial charge in [0, 0.05) is 14.1 Å². The zero-order chi connectivity index (χ0) is 8.81. The summed E-state index contributed by atoms with van der Waals surface area (Å²) < 4.78 is 0. The second-order valence-corrected chi connectivity index (χ2v) is 2.62. The van der Waals surface area contributed by atoms with Crippen LogP contribution in [0.3, 0.4) is 0 Å². The maximum Gasteiger partial charge on any atom is 0.103 e. The van der Waals surface area contributed by atoms with Crippen LogP contribution in [0.1, 0.15) is 0 Å². The van der Waals surface area contributed by atoms with Crippen molar-refractivity contribution in [3.05, 3.63) is 30.3 Å². The number of benzene rings is 1. The number of aliphatic imine (C=N–C) groups is 1. The number of hydrazine groups is 1. The van der Waals surface area contributed by atoms with E-state index in [0.717, 1.165) is 5.69 Å². The van der Waals surface area contributed by atoms with Crippen molar-refractivity contribution in [2.45, 2.75) is 0 Å². The van der Waals surface area contributed by atoms with E-state index in [4.69, 9.17) is 0 Å². The van der Waals surface area contributed by atoms with E-state index in [1.807, 2.05) is 49.4 Å². The Kier molecular flexibility index (Phi) is 3.29. The molecule has 0 aliphatic heterocycles. The fraction of sp³-hybridized carbons (Fsp3) is 0.222. The van der Waals surface area contributed by atoms with Crippen molar-refractivity contribution in [3.8, 4) is 0 Å². The quantitative estimate of drug-likeness (QED) is 0.414. The molecule has 0 radical (unpaired) electrons. The molecule has 0 saturated heterocycles. The SMILES string of the molecule is CN(C)NC=Nc1ccccc1. The van der Waals surface area contributed by atoms with Crippen molar-refractivity contribution in [3.63, 3.8) is 0 Å².